The van der Waals surface area contributed by atoms with Gasteiger partial charge in [-0.15, -0.1) is 0 Å². The van der Waals surface area contributed by atoms with E-state index in [4.69, 9.17) is 9.47 Å². The third-order valence-corrected chi connectivity index (χ3v) is 4.27. The first-order chi connectivity index (χ1) is 11.7. The molecule has 0 spiro atoms. The maximum Gasteiger partial charge on any atom is 0.261 e. The van der Waals surface area contributed by atoms with E-state index in [1.807, 2.05) is 25.1 Å². The van der Waals surface area contributed by atoms with Gasteiger partial charge >= 0.3 is 0 Å². The summed E-state index contributed by atoms with van der Waals surface area (Å²) in [5.74, 6) is 0. The molecule has 3 rings (SSSR count). The van der Waals surface area contributed by atoms with Crippen molar-refractivity contribution in [3.05, 3.63) is 40.2 Å². The second-order valence-electron chi connectivity index (χ2n) is 5.71. The number of anilines is 1. The summed E-state index contributed by atoms with van der Waals surface area (Å²) < 4.78 is 12.4. The van der Waals surface area contributed by atoms with E-state index in [-0.39, 0.29) is 11.1 Å². The first kappa shape index (κ1) is 16.7. The normalized spacial score (nSPS) is 15.0. The largest absolute Gasteiger partial charge is 0.380 e. The summed E-state index contributed by atoms with van der Waals surface area (Å²) in [6, 6.07) is 7.66. The van der Waals surface area contributed by atoms with Crippen molar-refractivity contribution in [2.75, 3.05) is 44.4 Å². The van der Waals surface area contributed by atoms with Gasteiger partial charge in [-0.25, -0.2) is 0 Å². The van der Waals surface area contributed by atoms with Gasteiger partial charge in [0, 0.05) is 31.9 Å². The van der Waals surface area contributed by atoms with E-state index in [9.17, 15) is 9.59 Å². The number of carbonyl (C=O) groups excluding carboxylic acids is 1. The van der Waals surface area contributed by atoms with Crippen LogP contribution in [0.4, 0.5) is 5.69 Å². The summed E-state index contributed by atoms with van der Waals surface area (Å²) in [5, 5.41) is 0.880. The molecule has 0 bridgehead atoms. The maximum atomic E-state index is 12.5. The van der Waals surface area contributed by atoms with E-state index in [1.165, 1.54) is 0 Å². The smallest absolute Gasteiger partial charge is 0.261 e. The molecule has 1 fully saturated rings. The third kappa shape index (κ3) is 3.34. The zero-order chi connectivity index (χ0) is 16.9. The highest BCUT2D eigenvalue weighted by Crippen LogP contribution is 2.23. The van der Waals surface area contributed by atoms with Crippen molar-refractivity contribution in [3.8, 4) is 0 Å². The molecule has 6 heteroatoms. The van der Waals surface area contributed by atoms with Crippen molar-refractivity contribution >= 4 is 22.9 Å². The Balaban J connectivity index is 2.06. The van der Waals surface area contributed by atoms with Crippen LogP contribution in [0.2, 0.25) is 0 Å². The minimum atomic E-state index is -0.267. The fraction of sp³-hybridized carbons (Fsp3) is 0.444. The van der Waals surface area contributed by atoms with Crippen LogP contribution >= 0.6 is 0 Å². The quantitative estimate of drug-likeness (QED) is 0.596. The van der Waals surface area contributed by atoms with E-state index in [2.05, 4.69) is 4.90 Å². The van der Waals surface area contributed by atoms with Gasteiger partial charge in [-0.3, -0.25) is 9.59 Å². The van der Waals surface area contributed by atoms with Crippen molar-refractivity contribution in [1.82, 2.24) is 4.57 Å². The fourth-order valence-electron chi connectivity index (χ4n) is 3.01. The average Bonchev–Trinajstić information content (AvgIpc) is 2.63. The molecular weight excluding hydrogens is 308 g/mol. The first-order valence-electron chi connectivity index (χ1n) is 8.28. The van der Waals surface area contributed by atoms with Crippen molar-refractivity contribution in [2.24, 2.45) is 0 Å². The molecule has 1 aromatic carbocycles. The van der Waals surface area contributed by atoms with Crippen LogP contribution in [0.25, 0.3) is 10.9 Å². The number of fused-ring (bicyclic) bond motifs is 1. The molecule has 24 heavy (non-hydrogen) atoms. The average molecular weight is 330 g/mol. The Morgan fingerprint density at radius 3 is 2.75 bits per heavy atom. The zero-order valence-corrected chi connectivity index (χ0v) is 13.9. The standard InChI is InChI=1S/C18H22N2O4/c1-2-23-10-7-20-17-12-16(19-5-8-24-9-6-19)4-3-14(17)11-15(13-21)18(20)22/h3-4,11-13H,2,5-10H2,1H3. The van der Waals surface area contributed by atoms with Crippen LogP contribution in [0, 0.1) is 0 Å². The van der Waals surface area contributed by atoms with E-state index >= 15 is 0 Å². The second-order valence-corrected chi connectivity index (χ2v) is 5.71. The Morgan fingerprint density at radius 1 is 1.25 bits per heavy atom. The fourth-order valence-corrected chi connectivity index (χ4v) is 3.01. The molecule has 0 amide bonds. The highest BCUT2D eigenvalue weighted by molar-refractivity contribution is 5.88. The van der Waals surface area contributed by atoms with Gasteiger partial charge in [0.25, 0.3) is 5.56 Å². The van der Waals surface area contributed by atoms with Gasteiger partial charge in [0.15, 0.2) is 6.29 Å². The Bertz CT molecular complexity index is 778. The summed E-state index contributed by atoms with van der Waals surface area (Å²) in [7, 11) is 0. The number of carbonyl (C=O) groups is 1. The van der Waals surface area contributed by atoms with Crippen LogP contribution in [0.5, 0.6) is 0 Å². The molecule has 1 saturated heterocycles. The van der Waals surface area contributed by atoms with Crippen molar-refractivity contribution < 1.29 is 14.3 Å². The summed E-state index contributed by atoms with van der Waals surface area (Å²) in [5.41, 5.74) is 1.80. The maximum absolute atomic E-state index is 12.5. The van der Waals surface area contributed by atoms with Crippen molar-refractivity contribution in [1.29, 1.82) is 0 Å². The number of benzene rings is 1. The molecule has 0 atom stereocenters. The predicted molar refractivity (Wildman–Crippen MR) is 93.1 cm³/mol. The van der Waals surface area contributed by atoms with Gasteiger partial charge in [0.1, 0.15) is 0 Å². The minimum Gasteiger partial charge on any atom is -0.380 e. The summed E-state index contributed by atoms with van der Waals surface area (Å²) in [6.07, 6.45) is 0.620. The van der Waals surface area contributed by atoms with E-state index in [0.29, 0.717) is 39.3 Å². The number of aromatic nitrogens is 1. The number of nitrogens with zero attached hydrogens (tertiary/aromatic N) is 2. The van der Waals surface area contributed by atoms with Gasteiger partial charge in [0.05, 0.1) is 30.9 Å². The number of rotatable bonds is 6. The molecule has 0 radical (unpaired) electrons. The molecule has 0 N–H and O–H groups in total. The Kier molecular flexibility index (Phi) is 5.27. The van der Waals surface area contributed by atoms with Gasteiger partial charge < -0.3 is 18.9 Å². The monoisotopic (exact) mass is 330 g/mol. The van der Waals surface area contributed by atoms with Crippen molar-refractivity contribution in [3.63, 3.8) is 0 Å². The second kappa shape index (κ2) is 7.59. The highest BCUT2D eigenvalue weighted by atomic mass is 16.5. The molecule has 1 aromatic heterocycles. The van der Waals surface area contributed by atoms with Crippen LogP contribution in [-0.2, 0) is 16.0 Å². The lowest BCUT2D eigenvalue weighted by Crippen LogP contribution is -2.36. The molecule has 2 heterocycles. The lowest BCUT2D eigenvalue weighted by molar-refractivity contribution is 0.112. The number of ether oxygens (including phenoxy) is 2. The molecule has 0 aliphatic carbocycles. The Hall–Kier alpha value is -2.18. The van der Waals surface area contributed by atoms with E-state index in [1.54, 1.807) is 10.6 Å². The first-order valence-corrected chi connectivity index (χ1v) is 8.28. The number of pyridine rings is 1. The van der Waals surface area contributed by atoms with Gasteiger partial charge in [0.2, 0.25) is 0 Å². The topological polar surface area (TPSA) is 60.8 Å². The molecule has 0 saturated carbocycles. The van der Waals surface area contributed by atoms with Crippen molar-refractivity contribution in [2.45, 2.75) is 13.5 Å². The lowest BCUT2D eigenvalue weighted by Gasteiger charge is -2.29. The SMILES string of the molecule is CCOCCn1c(=O)c(C=O)cc2ccc(N3CCOCC3)cc21. The molecule has 6 nitrogen and oxygen atoms in total. The van der Waals surface area contributed by atoms with Crippen LogP contribution in [0.15, 0.2) is 29.1 Å². The number of aldehydes is 1. The summed E-state index contributed by atoms with van der Waals surface area (Å²) in [6.45, 7) is 6.46. The molecule has 2 aromatic rings. The molecule has 128 valence electrons. The van der Waals surface area contributed by atoms with Crippen LogP contribution in [0.3, 0.4) is 0 Å². The molecule has 1 aliphatic heterocycles. The lowest BCUT2D eigenvalue weighted by atomic mass is 10.1. The summed E-state index contributed by atoms with van der Waals surface area (Å²) in [4.78, 5) is 26.0. The Labute approximate surface area is 140 Å². The van der Waals surface area contributed by atoms with E-state index in [0.717, 1.165) is 29.7 Å². The number of morpholine rings is 1. The Morgan fingerprint density at radius 2 is 2.04 bits per heavy atom. The number of hydrogen-bond donors (Lipinski definition) is 0. The molecule has 1 aliphatic rings. The molecular formula is C18H22N2O4. The highest BCUT2D eigenvalue weighted by Gasteiger charge is 2.14. The number of hydrogen-bond acceptors (Lipinski definition) is 5. The molecule has 0 unspecified atom stereocenters. The van der Waals surface area contributed by atoms with Gasteiger partial charge in [-0.1, -0.05) is 6.07 Å². The predicted octanol–water partition coefficient (Wildman–Crippen LogP) is 1.69. The van der Waals surface area contributed by atoms with Gasteiger partial charge in [-0.05, 0) is 30.5 Å². The third-order valence-electron chi connectivity index (χ3n) is 4.27. The van der Waals surface area contributed by atoms with Crippen LogP contribution < -0.4 is 10.5 Å². The van der Waals surface area contributed by atoms with Crippen LogP contribution in [-0.4, -0.2) is 50.4 Å². The zero-order valence-electron chi connectivity index (χ0n) is 13.9. The van der Waals surface area contributed by atoms with E-state index < -0.39 is 0 Å². The minimum absolute atomic E-state index is 0.179. The van der Waals surface area contributed by atoms with Gasteiger partial charge in [-0.2, -0.15) is 0 Å². The van der Waals surface area contributed by atoms with Crippen LogP contribution in [0.1, 0.15) is 17.3 Å². The summed E-state index contributed by atoms with van der Waals surface area (Å²) >= 11 is 0.